The first-order valence-electron chi connectivity index (χ1n) is 3.98. The lowest BCUT2D eigenvalue weighted by molar-refractivity contribution is -0.144. The van der Waals surface area contributed by atoms with Gasteiger partial charge in [-0.2, -0.15) is 0 Å². The SMILES string of the molecule is O=C1C2C3C[C@H]1[C@H](C(=O)O)C32. The summed E-state index contributed by atoms with van der Waals surface area (Å²) < 4.78 is 0. The van der Waals surface area contributed by atoms with Crippen LogP contribution >= 0.6 is 0 Å². The van der Waals surface area contributed by atoms with Crippen LogP contribution in [0, 0.1) is 29.6 Å². The van der Waals surface area contributed by atoms with Crippen molar-refractivity contribution in [2.45, 2.75) is 6.42 Å². The molecule has 0 aromatic carbocycles. The number of aliphatic carboxylic acids is 1. The van der Waals surface area contributed by atoms with Gasteiger partial charge in [-0.15, -0.1) is 0 Å². The number of hydrogen-bond acceptors (Lipinski definition) is 2. The predicted molar refractivity (Wildman–Crippen MR) is 34.7 cm³/mol. The summed E-state index contributed by atoms with van der Waals surface area (Å²) in [5.41, 5.74) is 0. The van der Waals surface area contributed by atoms with Gasteiger partial charge in [0.05, 0.1) is 5.92 Å². The number of carboxylic acid groups (broad SMARTS) is 1. The molecule has 4 rings (SSSR count). The van der Waals surface area contributed by atoms with Crippen molar-refractivity contribution in [3.8, 4) is 0 Å². The van der Waals surface area contributed by atoms with Gasteiger partial charge in [0.2, 0.25) is 0 Å². The van der Waals surface area contributed by atoms with E-state index in [1.54, 1.807) is 0 Å². The van der Waals surface area contributed by atoms with Gasteiger partial charge in [-0.1, -0.05) is 0 Å². The van der Waals surface area contributed by atoms with Crippen LogP contribution < -0.4 is 0 Å². The van der Waals surface area contributed by atoms with Crippen LogP contribution in [0.1, 0.15) is 6.42 Å². The highest BCUT2D eigenvalue weighted by Gasteiger charge is 2.75. The summed E-state index contributed by atoms with van der Waals surface area (Å²) in [5, 5.41) is 8.77. The fraction of sp³-hybridized carbons (Fsp3) is 0.750. The minimum Gasteiger partial charge on any atom is -0.481 e. The number of carbonyl (C=O) groups is 2. The third-order valence-corrected chi connectivity index (χ3v) is 3.58. The van der Waals surface area contributed by atoms with Gasteiger partial charge in [0.15, 0.2) is 0 Å². The lowest BCUT2D eigenvalue weighted by atomic mass is 9.98. The maximum atomic E-state index is 11.2. The van der Waals surface area contributed by atoms with Crippen LogP contribution in [0.5, 0.6) is 0 Å². The highest BCUT2D eigenvalue weighted by atomic mass is 16.4. The van der Waals surface area contributed by atoms with Crippen molar-refractivity contribution in [1.82, 2.24) is 0 Å². The Bertz CT molecular complexity index is 271. The summed E-state index contributed by atoms with van der Waals surface area (Å²) in [5.74, 6) is -0.0482. The van der Waals surface area contributed by atoms with Crippen LogP contribution in [0.25, 0.3) is 0 Å². The fourth-order valence-corrected chi connectivity index (χ4v) is 3.18. The quantitative estimate of drug-likeness (QED) is 0.582. The maximum absolute atomic E-state index is 11.2. The van der Waals surface area contributed by atoms with E-state index in [4.69, 9.17) is 5.11 Å². The molecule has 4 bridgehead atoms. The Morgan fingerprint density at radius 1 is 1.55 bits per heavy atom. The van der Waals surface area contributed by atoms with E-state index in [9.17, 15) is 9.59 Å². The van der Waals surface area contributed by atoms with Gasteiger partial charge in [-0.25, -0.2) is 0 Å². The Morgan fingerprint density at radius 2 is 2.27 bits per heavy atom. The molecule has 4 aliphatic carbocycles. The standard InChI is InChI=1S/C8H8O3/c9-7-3-1-2-4(5(2)7)6(3)8(10)11/h2-6H,1H2,(H,10,11)/t2?,3-,4?,5?,6-/m0/s1. The van der Waals surface area contributed by atoms with Crippen molar-refractivity contribution in [3.63, 3.8) is 0 Å². The first-order valence-corrected chi connectivity index (χ1v) is 3.98. The molecule has 3 heteroatoms. The largest absolute Gasteiger partial charge is 0.481 e. The Hall–Kier alpha value is -0.860. The van der Waals surface area contributed by atoms with Crippen LogP contribution in [-0.4, -0.2) is 16.9 Å². The Morgan fingerprint density at radius 3 is 2.45 bits per heavy atom. The minimum absolute atomic E-state index is 0.104. The van der Waals surface area contributed by atoms with E-state index in [1.165, 1.54) is 0 Å². The van der Waals surface area contributed by atoms with E-state index in [-0.39, 0.29) is 29.5 Å². The molecular formula is C8H8O3. The van der Waals surface area contributed by atoms with Gasteiger partial charge < -0.3 is 5.11 Å². The molecule has 3 nitrogen and oxygen atoms in total. The summed E-state index contributed by atoms with van der Waals surface area (Å²) >= 11 is 0. The summed E-state index contributed by atoms with van der Waals surface area (Å²) in [6.45, 7) is 0. The Kier molecular flexibility index (Phi) is 0.708. The van der Waals surface area contributed by atoms with Crippen LogP contribution in [0.15, 0.2) is 0 Å². The number of Topliss-reactive ketones (excluding diaryl/α,β-unsaturated/α-hetero) is 1. The first-order chi connectivity index (χ1) is 5.22. The van der Waals surface area contributed by atoms with Gasteiger partial charge >= 0.3 is 5.97 Å². The number of ketones is 1. The van der Waals surface area contributed by atoms with Crippen molar-refractivity contribution in [2.24, 2.45) is 29.6 Å². The molecule has 4 fully saturated rings. The molecule has 0 heterocycles. The normalized spacial score (nSPS) is 56.7. The molecule has 1 N–H and O–H groups in total. The van der Waals surface area contributed by atoms with Gasteiger partial charge in [0, 0.05) is 11.8 Å². The zero-order chi connectivity index (χ0) is 7.75. The van der Waals surface area contributed by atoms with Gasteiger partial charge in [0.1, 0.15) is 5.78 Å². The molecule has 4 aliphatic rings. The maximum Gasteiger partial charge on any atom is 0.307 e. The van der Waals surface area contributed by atoms with E-state index in [1.807, 2.05) is 0 Å². The Labute approximate surface area is 63.4 Å². The van der Waals surface area contributed by atoms with E-state index < -0.39 is 5.97 Å². The molecule has 0 aliphatic heterocycles. The van der Waals surface area contributed by atoms with E-state index in [0.29, 0.717) is 5.92 Å². The van der Waals surface area contributed by atoms with Gasteiger partial charge in [-0.3, -0.25) is 9.59 Å². The van der Waals surface area contributed by atoms with Crippen LogP contribution in [-0.2, 0) is 9.59 Å². The van der Waals surface area contributed by atoms with E-state index >= 15 is 0 Å². The van der Waals surface area contributed by atoms with Crippen LogP contribution in [0.2, 0.25) is 0 Å². The van der Waals surface area contributed by atoms with Gasteiger partial charge in [0.25, 0.3) is 0 Å². The molecule has 0 saturated heterocycles. The zero-order valence-electron chi connectivity index (χ0n) is 5.86. The second kappa shape index (κ2) is 1.36. The lowest BCUT2D eigenvalue weighted by Crippen LogP contribution is -2.19. The molecule has 5 atom stereocenters. The third kappa shape index (κ3) is 0.424. The molecule has 3 unspecified atom stereocenters. The van der Waals surface area contributed by atoms with Crippen molar-refractivity contribution in [3.05, 3.63) is 0 Å². The first kappa shape index (κ1) is 5.75. The summed E-state index contributed by atoms with van der Waals surface area (Å²) in [7, 11) is 0. The van der Waals surface area contributed by atoms with Crippen molar-refractivity contribution >= 4 is 11.8 Å². The fourth-order valence-electron chi connectivity index (χ4n) is 3.18. The summed E-state index contributed by atoms with van der Waals surface area (Å²) in [6, 6.07) is 0. The minimum atomic E-state index is -0.754. The molecule has 0 aromatic heterocycles. The highest BCUT2D eigenvalue weighted by molar-refractivity contribution is 5.98. The highest BCUT2D eigenvalue weighted by Crippen LogP contribution is 2.71. The smallest absolute Gasteiger partial charge is 0.307 e. The van der Waals surface area contributed by atoms with Crippen LogP contribution in [0.3, 0.4) is 0 Å². The molecule has 0 spiro atoms. The zero-order valence-corrected chi connectivity index (χ0v) is 5.86. The average molecular weight is 152 g/mol. The van der Waals surface area contributed by atoms with Crippen LogP contribution in [0.4, 0.5) is 0 Å². The van der Waals surface area contributed by atoms with Crippen molar-refractivity contribution in [2.75, 3.05) is 0 Å². The second-order valence-corrected chi connectivity index (χ2v) is 3.88. The van der Waals surface area contributed by atoms with Gasteiger partial charge in [-0.05, 0) is 18.3 Å². The second-order valence-electron chi connectivity index (χ2n) is 3.88. The number of carbonyl (C=O) groups excluding carboxylic acids is 1. The molecule has 4 saturated carbocycles. The monoisotopic (exact) mass is 152 g/mol. The average Bonchev–Trinajstić information content (AvgIpc) is 2.33. The molecule has 0 radical (unpaired) electrons. The molecule has 0 aromatic rings. The third-order valence-electron chi connectivity index (χ3n) is 3.58. The van der Waals surface area contributed by atoms with Crippen molar-refractivity contribution in [1.29, 1.82) is 0 Å². The predicted octanol–water partition coefficient (Wildman–Crippen LogP) is 0.152. The Balaban J connectivity index is 2.03. The summed E-state index contributed by atoms with van der Waals surface area (Å²) in [6.07, 6.45) is 0.866. The number of rotatable bonds is 1. The topological polar surface area (TPSA) is 54.4 Å². The molecule has 11 heavy (non-hydrogen) atoms. The van der Waals surface area contributed by atoms with E-state index in [0.717, 1.165) is 6.42 Å². The molecule has 58 valence electrons. The molecular weight excluding hydrogens is 144 g/mol. The van der Waals surface area contributed by atoms with E-state index in [2.05, 4.69) is 0 Å². The molecule has 0 amide bonds. The summed E-state index contributed by atoms with van der Waals surface area (Å²) in [4.78, 5) is 21.9. The number of hydrogen-bond donors (Lipinski definition) is 1. The van der Waals surface area contributed by atoms with Crippen molar-refractivity contribution < 1.29 is 14.7 Å². The number of carboxylic acids is 1. The lowest BCUT2D eigenvalue weighted by Gasteiger charge is -2.05.